The molecule has 2 N–H and O–H groups in total. The number of nitrogens with zero attached hydrogens (tertiary/aromatic N) is 1. The molecule has 244 valence electrons. The number of anilines is 1. The number of rotatable bonds is 17. The summed E-state index contributed by atoms with van der Waals surface area (Å²) in [7, 11) is 0. The van der Waals surface area contributed by atoms with Crippen molar-refractivity contribution in [3.8, 4) is 5.75 Å². The monoisotopic (exact) mass is 670 g/mol. The van der Waals surface area contributed by atoms with Crippen LogP contribution in [0.3, 0.4) is 0 Å². The molecule has 0 heterocycles. The van der Waals surface area contributed by atoms with Crippen molar-refractivity contribution in [2.45, 2.75) is 45.1 Å². The van der Waals surface area contributed by atoms with Gasteiger partial charge in [-0.3, -0.25) is 0 Å². The molecular weight excluding hydrogens is 636 g/mol. The number of carbonyl (C=O) groups is 2. The van der Waals surface area contributed by atoms with Crippen molar-refractivity contribution in [1.29, 1.82) is 0 Å². The number of aliphatic carboxylic acids is 1. The van der Waals surface area contributed by atoms with Crippen molar-refractivity contribution >= 4 is 40.9 Å². The summed E-state index contributed by atoms with van der Waals surface area (Å²) in [5.41, 5.74) is 1.02. The summed E-state index contributed by atoms with van der Waals surface area (Å²) in [6.45, 7) is 3.44. The summed E-state index contributed by atoms with van der Waals surface area (Å²) in [5.74, 6) is -0.510. The van der Waals surface area contributed by atoms with Crippen LogP contribution in [0.5, 0.6) is 5.75 Å². The molecule has 3 rings (SSSR count). The smallest absolute Gasteiger partial charge is 0.416 e. The number of carboxylic acids is 1. The molecule has 3 aromatic rings. The summed E-state index contributed by atoms with van der Waals surface area (Å²) in [6, 6.07) is 15.8. The fraction of sp³-hybridized carbons (Fsp3) is 0.375. The summed E-state index contributed by atoms with van der Waals surface area (Å²) in [5, 5.41) is 13.0. The van der Waals surface area contributed by atoms with E-state index in [0.717, 1.165) is 23.3 Å². The molecule has 3 aromatic carbocycles. The second-order valence-corrected chi connectivity index (χ2v) is 10.9. The highest BCUT2D eigenvalue weighted by atomic mass is 35.5. The maximum atomic E-state index is 13.1. The van der Waals surface area contributed by atoms with E-state index >= 15 is 0 Å². The minimum absolute atomic E-state index is 0.141. The van der Waals surface area contributed by atoms with Crippen LogP contribution in [0.2, 0.25) is 10.0 Å². The van der Waals surface area contributed by atoms with E-state index in [1.54, 1.807) is 49.4 Å². The lowest BCUT2D eigenvalue weighted by Gasteiger charge is -2.23. The molecule has 2 amide bonds. The number of hydrogen-bond donors (Lipinski definition) is 2. The van der Waals surface area contributed by atoms with Crippen LogP contribution >= 0.6 is 23.2 Å². The third-order valence-electron chi connectivity index (χ3n) is 6.53. The Morgan fingerprint density at radius 1 is 0.911 bits per heavy atom. The Morgan fingerprint density at radius 2 is 1.58 bits per heavy atom. The minimum atomic E-state index is -4.48. The second-order valence-electron chi connectivity index (χ2n) is 10.0. The highest BCUT2D eigenvalue weighted by Crippen LogP contribution is 2.30. The van der Waals surface area contributed by atoms with Gasteiger partial charge in [-0.2, -0.15) is 13.2 Å². The third kappa shape index (κ3) is 12.8. The number of unbranched alkanes of at least 4 members (excludes halogenated alkanes) is 1. The first-order valence-electron chi connectivity index (χ1n) is 14.3. The van der Waals surface area contributed by atoms with E-state index in [4.69, 9.17) is 37.4 Å². The largest absolute Gasteiger partial charge is 0.492 e. The van der Waals surface area contributed by atoms with Crippen LogP contribution in [0.25, 0.3) is 0 Å². The van der Waals surface area contributed by atoms with Crippen molar-refractivity contribution in [1.82, 2.24) is 4.90 Å². The number of nitrogens with one attached hydrogen (secondary N) is 1. The number of benzene rings is 3. The average Bonchev–Trinajstić information content (AvgIpc) is 2.97. The molecule has 0 saturated carbocycles. The molecule has 0 aromatic heterocycles. The number of ether oxygens (including phenoxy) is 3. The van der Waals surface area contributed by atoms with Crippen molar-refractivity contribution < 1.29 is 42.1 Å². The van der Waals surface area contributed by atoms with Gasteiger partial charge in [-0.05, 0) is 85.5 Å². The Balaban J connectivity index is 1.54. The maximum Gasteiger partial charge on any atom is 0.416 e. The van der Waals surface area contributed by atoms with Crippen LogP contribution in [0.1, 0.15) is 36.5 Å². The molecule has 0 aliphatic carbocycles. The van der Waals surface area contributed by atoms with Gasteiger partial charge in [0.2, 0.25) is 0 Å². The number of urea groups is 1. The molecule has 0 aliphatic rings. The van der Waals surface area contributed by atoms with E-state index < -0.39 is 29.8 Å². The third-order valence-corrected chi connectivity index (χ3v) is 6.96. The van der Waals surface area contributed by atoms with Gasteiger partial charge in [0, 0.05) is 41.9 Å². The predicted molar refractivity (Wildman–Crippen MR) is 166 cm³/mol. The van der Waals surface area contributed by atoms with Gasteiger partial charge in [0.1, 0.15) is 12.4 Å². The van der Waals surface area contributed by atoms with E-state index in [9.17, 15) is 27.9 Å². The minimum Gasteiger partial charge on any atom is -0.492 e. The fourth-order valence-electron chi connectivity index (χ4n) is 4.28. The number of carboxylic acid groups (broad SMARTS) is 1. The number of carbonyl (C=O) groups excluding carboxylic acids is 1. The predicted octanol–water partition coefficient (Wildman–Crippen LogP) is 7.95. The van der Waals surface area contributed by atoms with Gasteiger partial charge in [-0.25, -0.2) is 9.59 Å². The molecule has 45 heavy (non-hydrogen) atoms. The highest BCUT2D eigenvalue weighted by molar-refractivity contribution is 6.34. The topological polar surface area (TPSA) is 97.3 Å². The Kier molecular flexibility index (Phi) is 14.3. The van der Waals surface area contributed by atoms with Gasteiger partial charge in [-0.15, -0.1) is 0 Å². The Morgan fingerprint density at radius 3 is 2.18 bits per heavy atom. The van der Waals surface area contributed by atoms with E-state index in [1.807, 2.05) is 0 Å². The summed E-state index contributed by atoms with van der Waals surface area (Å²) >= 11 is 12.0. The zero-order chi connectivity index (χ0) is 32.8. The number of halogens is 5. The number of amides is 2. The quantitative estimate of drug-likeness (QED) is 0.142. The molecule has 0 aliphatic heterocycles. The molecule has 13 heteroatoms. The number of hydrogen-bond acceptors (Lipinski definition) is 5. The molecule has 0 spiro atoms. The molecular formula is C32H35Cl2F3N2O6. The first-order valence-corrected chi connectivity index (χ1v) is 15.0. The van der Waals surface area contributed by atoms with Gasteiger partial charge in [0.15, 0.2) is 6.10 Å². The lowest BCUT2D eigenvalue weighted by atomic mass is 10.1. The molecule has 0 saturated heterocycles. The van der Waals surface area contributed by atoms with Crippen molar-refractivity contribution in [3.05, 3.63) is 93.5 Å². The van der Waals surface area contributed by atoms with E-state index in [2.05, 4.69) is 5.32 Å². The maximum absolute atomic E-state index is 13.1. The number of alkyl halides is 3. The first kappa shape index (κ1) is 36.0. The average molecular weight is 672 g/mol. The van der Waals surface area contributed by atoms with Crippen LogP contribution < -0.4 is 10.1 Å². The molecule has 1 unspecified atom stereocenters. The molecule has 0 fully saturated rings. The van der Waals surface area contributed by atoms with Crippen LogP contribution in [0.15, 0.2) is 66.7 Å². The Bertz CT molecular complexity index is 1350. The first-order chi connectivity index (χ1) is 21.4. The van der Waals surface area contributed by atoms with Gasteiger partial charge in [0.05, 0.1) is 18.7 Å². The Hall–Kier alpha value is -3.51. The zero-order valence-electron chi connectivity index (χ0n) is 24.6. The van der Waals surface area contributed by atoms with E-state index in [0.29, 0.717) is 48.4 Å². The second kappa shape index (κ2) is 17.8. The molecule has 0 radical (unpaired) electrons. The van der Waals surface area contributed by atoms with Gasteiger partial charge < -0.3 is 29.5 Å². The van der Waals surface area contributed by atoms with E-state index in [1.165, 1.54) is 17.0 Å². The summed E-state index contributed by atoms with van der Waals surface area (Å²) in [4.78, 5) is 25.9. The van der Waals surface area contributed by atoms with Crippen molar-refractivity contribution in [2.75, 3.05) is 38.2 Å². The van der Waals surface area contributed by atoms with E-state index in [-0.39, 0.29) is 31.9 Å². The van der Waals surface area contributed by atoms with Gasteiger partial charge >= 0.3 is 18.2 Å². The zero-order valence-corrected chi connectivity index (χ0v) is 26.1. The van der Waals surface area contributed by atoms with Crippen molar-refractivity contribution in [2.24, 2.45) is 0 Å². The lowest BCUT2D eigenvalue weighted by Crippen LogP contribution is -2.38. The molecule has 1 atom stereocenters. The van der Waals surface area contributed by atoms with Crippen molar-refractivity contribution in [3.63, 3.8) is 0 Å². The highest BCUT2D eigenvalue weighted by Gasteiger charge is 2.30. The van der Waals surface area contributed by atoms with Gasteiger partial charge in [-0.1, -0.05) is 35.3 Å². The van der Waals surface area contributed by atoms with Crippen LogP contribution in [-0.2, 0) is 33.5 Å². The van der Waals surface area contributed by atoms with Crippen LogP contribution in [0.4, 0.5) is 23.7 Å². The summed E-state index contributed by atoms with van der Waals surface area (Å²) < 4.78 is 55.6. The molecule has 0 bridgehead atoms. The van der Waals surface area contributed by atoms with Crippen LogP contribution in [-0.4, -0.2) is 61.0 Å². The fourth-order valence-corrected chi connectivity index (χ4v) is 4.85. The Labute approximate surface area is 270 Å². The normalized spacial score (nSPS) is 12.0. The standard InChI is InChI=1S/C32H35Cl2F3N2O6/c1-2-44-29(30(40)41)19-22-5-11-28(12-6-22)45-16-14-39(31(42)38-27-9-7-24(8-10-27)32(35,36)37)13-3-4-15-43-21-23-17-25(33)20-26(34)18-23/h5-12,17-18,20,29H,2-4,13-16,19,21H2,1H3,(H,38,42)(H,40,41). The summed E-state index contributed by atoms with van der Waals surface area (Å²) in [6.07, 6.45) is -3.99. The SMILES string of the molecule is CCOC(Cc1ccc(OCCN(CCCCOCc2cc(Cl)cc(Cl)c2)C(=O)Nc2ccc(C(F)(F)F)cc2)cc1)C(=O)O. The van der Waals surface area contributed by atoms with Gasteiger partial charge in [0.25, 0.3) is 0 Å². The van der Waals surface area contributed by atoms with Crippen LogP contribution in [0, 0.1) is 0 Å². The lowest BCUT2D eigenvalue weighted by molar-refractivity contribution is -0.150. The molecule has 8 nitrogen and oxygen atoms in total.